The average Bonchev–Trinajstić information content (AvgIpc) is 3.16. The van der Waals surface area contributed by atoms with Gasteiger partial charge in [0.15, 0.2) is 0 Å². The van der Waals surface area contributed by atoms with Gasteiger partial charge in [0.2, 0.25) is 10.0 Å². The van der Waals surface area contributed by atoms with Gasteiger partial charge in [0.05, 0.1) is 17.8 Å². The summed E-state index contributed by atoms with van der Waals surface area (Å²) in [6, 6.07) is 11.8. The number of hydrogen-bond acceptors (Lipinski definition) is 5. The molecule has 3 aromatic rings. The van der Waals surface area contributed by atoms with Crippen molar-refractivity contribution >= 4 is 10.0 Å². The van der Waals surface area contributed by atoms with Crippen LogP contribution in [0.4, 0.5) is 0 Å². The minimum atomic E-state index is -3.61. The molecule has 1 aromatic carbocycles. The van der Waals surface area contributed by atoms with Crippen molar-refractivity contribution in [1.82, 2.24) is 9.71 Å². The van der Waals surface area contributed by atoms with E-state index in [1.807, 2.05) is 19.1 Å². The number of aromatic nitrogens is 1. The smallest absolute Gasteiger partial charge is 0.240 e. The fourth-order valence-corrected chi connectivity index (χ4v) is 3.32. The van der Waals surface area contributed by atoms with Gasteiger partial charge in [-0.15, -0.1) is 0 Å². The number of rotatable bonds is 7. The molecule has 0 unspecified atom stereocenters. The lowest BCUT2D eigenvalue weighted by Crippen LogP contribution is -2.23. The summed E-state index contributed by atoms with van der Waals surface area (Å²) in [6.45, 7) is 2.54. The zero-order valence-corrected chi connectivity index (χ0v) is 14.5. The lowest BCUT2D eigenvalue weighted by Gasteiger charge is -2.08. The number of pyridine rings is 1. The SMILES string of the molecule is CCOc1ccc(S(=O)(=O)NCc2cncc(-c3ccco3)c2)cc1. The Kier molecular flexibility index (Phi) is 5.16. The third kappa shape index (κ3) is 4.26. The first-order valence-corrected chi connectivity index (χ1v) is 9.27. The first-order valence-electron chi connectivity index (χ1n) is 7.79. The third-order valence-corrected chi connectivity index (χ3v) is 4.93. The monoisotopic (exact) mass is 358 g/mol. The van der Waals surface area contributed by atoms with Gasteiger partial charge >= 0.3 is 0 Å². The predicted molar refractivity (Wildman–Crippen MR) is 93.6 cm³/mol. The van der Waals surface area contributed by atoms with Crippen LogP contribution in [0.25, 0.3) is 11.3 Å². The van der Waals surface area contributed by atoms with Gasteiger partial charge in [0.1, 0.15) is 11.5 Å². The minimum Gasteiger partial charge on any atom is -0.494 e. The van der Waals surface area contributed by atoms with Crippen molar-refractivity contribution in [2.45, 2.75) is 18.4 Å². The maximum absolute atomic E-state index is 12.4. The number of furan rings is 1. The molecule has 130 valence electrons. The van der Waals surface area contributed by atoms with Gasteiger partial charge in [0, 0.05) is 24.5 Å². The molecule has 25 heavy (non-hydrogen) atoms. The van der Waals surface area contributed by atoms with Crippen molar-refractivity contribution in [3.8, 4) is 17.1 Å². The van der Waals surface area contributed by atoms with E-state index in [0.29, 0.717) is 18.1 Å². The number of nitrogens with zero attached hydrogens (tertiary/aromatic N) is 1. The Balaban J connectivity index is 1.71. The van der Waals surface area contributed by atoms with Gasteiger partial charge in [0.25, 0.3) is 0 Å². The average molecular weight is 358 g/mol. The first-order chi connectivity index (χ1) is 12.1. The van der Waals surface area contributed by atoms with Crippen LogP contribution in [0.1, 0.15) is 12.5 Å². The molecule has 7 heteroatoms. The topological polar surface area (TPSA) is 81.4 Å². The van der Waals surface area contributed by atoms with Gasteiger partial charge in [-0.25, -0.2) is 13.1 Å². The van der Waals surface area contributed by atoms with Gasteiger partial charge in [-0.2, -0.15) is 0 Å². The molecule has 0 aliphatic rings. The van der Waals surface area contributed by atoms with Gasteiger partial charge in [-0.05, 0) is 55.0 Å². The van der Waals surface area contributed by atoms with Crippen molar-refractivity contribution in [3.05, 3.63) is 66.7 Å². The van der Waals surface area contributed by atoms with Crippen LogP contribution in [0.2, 0.25) is 0 Å². The Morgan fingerprint density at radius 2 is 1.96 bits per heavy atom. The van der Waals surface area contributed by atoms with Crippen LogP contribution in [0.3, 0.4) is 0 Å². The molecule has 0 aliphatic carbocycles. The van der Waals surface area contributed by atoms with Crippen molar-refractivity contribution < 1.29 is 17.6 Å². The van der Waals surface area contributed by atoms with E-state index >= 15 is 0 Å². The molecule has 2 aromatic heterocycles. The lowest BCUT2D eigenvalue weighted by atomic mass is 10.2. The van der Waals surface area contributed by atoms with E-state index in [9.17, 15) is 8.42 Å². The van der Waals surface area contributed by atoms with Crippen molar-refractivity contribution in [2.75, 3.05) is 6.61 Å². The first kappa shape index (κ1) is 17.2. The van der Waals surface area contributed by atoms with E-state index in [-0.39, 0.29) is 11.4 Å². The summed E-state index contributed by atoms with van der Waals surface area (Å²) in [6.07, 6.45) is 4.87. The van der Waals surface area contributed by atoms with Crippen molar-refractivity contribution in [3.63, 3.8) is 0 Å². The lowest BCUT2D eigenvalue weighted by molar-refractivity contribution is 0.340. The minimum absolute atomic E-state index is 0.136. The summed E-state index contributed by atoms with van der Waals surface area (Å²) in [5.41, 5.74) is 1.53. The molecular formula is C18H18N2O4S. The number of hydrogen-bond donors (Lipinski definition) is 1. The Bertz CT molecular complexity index is 920. The van der Waals surface area contributed by atoms with Gasteiger partial charge < -0.3 is 9.15 Å². The molecule has 1 N–H and O–H groups in total. The Morgan fingerprint density at radius 1 is 1.16 bits per heavy atom. The van der Waals surface area contributed by atoms with Crippen molar-refractivity contribution in [1.29, 1.82) is 0 Å². The Hall–Kier alpha value is -2.64. The summed E-state index contributed by atoms with van der Waals surface area (Å²) in [7, 11) is -3.61. The second-order valence-corrected chi connectivity index (χ2v) is 7.06. The van der Waals surface area contributed by atoms with Crippen LogP contribution in [-0.2, 0) is 16.6 Å². The molecule has 0 bridgehead atoms. The van der Waals surface area contributed by atoms with Crippen LogP contribution in [-0.4, -0.2) is 20.0 Å². The number of nitrogens with one attached hydrogen (secondary N) is 1. The summed E-state index contributed by atoms with van der Waals surface area (Å²) < 4.78 is 38.0. The molecular weight excluding hydrogens is 340 g/mol. The second-order valence-electron chi connectivity index (χ2n) is 5.29. The maximum atomic E-state index is 12.4. The highest BCUT2D eigenvalue weighted by Gasteiger charge is 2.14. The normalized spacial score (nSPS) is 11.4. The highest BCUT2D eigenvalue weighted by molar-refractivity contribution is 7.89. The standard InChI is InChI=1S/C18H18N2O4S/c1-2-23-16-5-7-17(8-6-16)25(21,22)20-12-14-10-15(13-19-11-14)18-4-3-9-24-18/h3-11,13,20H,2,12H2,1H3. The number of ether oxygens (including phenoxy) is 1. The molecule has 0 fully saturated rings. The molecule has 0 spiro atoms. The summed E-state index contributed by atoms with van der Waals surface area (Å²) in [4.78, 5) is 4.32. The van der Waals surface area contributed by atoms with E-state index in [4.69, 9.17) is 9.15 Å². The molecule has 0 atom stereocenters. The van der Waals surface area contributed by atoms with Crippen LogP contribution in [0, 0.1) is 0 Å². The highest BCUT2D eigenvalue weighted by Crippen LogP contribution is 2.20. The third-order valence-electron chi connectivity index (χ3n) is 3.51. The summed E-state index contributed by atoms with van der Waals surface area (Å²) >= 11 is 0. The Morgan fingerprint density at radius 3 is 2.64 bits per heavy atom. The zero-order valence-electron chi connectivity index (χ0n) is 13.7. The fourth-order valence-electron chi connectivity index (χ4n) is 2.31. The second kappa shape index (κ2) is 7.50. The van der Waals surface area contributed by atoms with Crippen molar-refractivity contribution in [2.24, 2.45) is 0 Å². The quantitative estimate of drug-likeness (QED) is 0.701. The van der Waals surface area contributed by atoms with Crippen LogP contribution in [0.5, 0.6) is 5.75 Å². The summed E-state index contributed by atoms with van der Waals surface area (Å²) in [5.74, 6) is 1.32. The van der Waals surface area contributed by atoms with Crippen LogP contribution in [0.15, 0.2) is 70.4 Å². The predicted octanol–water partition coefficient (Wildman–Crippen LogP) is 3.22. The molecule has 0 radical (unpaired) electrons. The Labute approximate surface area is 146 Å². The zero-order chi connectivity index (χ0) is 17.7. The van der Waals surface area contributed by atoms with Crippen LogP contribution < -0.4 is 9.46 Å². The molecule has 0 saturated heterocycles. The molecule has 3 rings (SSSR count). The van der Waals surface area contributed by atoms with Gasteiger partial charge in [-0.1, -0.05) is 0 Å². The molecule has 2 heterocycles. The molecule has 0 saturated carbocycles. The summed E-state index contributed by atoms with van der Waals surface area (Å²) in [5, 5.41) is 0. The molecule has 0 aliphatic heterocycles. The molecule has 0 amide bonds. The number of benzene rings is 1. The maximum Gasteiger partial charge on any atom is 0.240 e. The molecule has 6 nitrogen and oxygen atoms in total. The highest BCUT2D eigenvalue weighted by atomic mass is 32.2. The van der Waals surface area contributed by atoms with E-state index in [0.717, 1.165) is 11.1 Å². The van der Waals surface area contributed by atoms with Crippen LogP contribution >= 0.6 is 0 Å². The number of sulfonamides is 1. The largest absolute Gasteiger partial charge is 0.494 e. The fraction of sp³-hybridized carbons (Fsp3) is 0.167. The van der Waals surface area contributed by atoms with E-state index < -0.39 is 10.0 Å². The van der Waals surface area contributed by atoms with Gasteiger partial charge in [-0.3, -0.25) is 4.98 Å². The van der Waals surface area contributed by atoms with E-state index in [1.165, 1.54) is 12.1 Å². The van der Waals surface area contributed by atoms with E-state index in [2.05, 4.69) is 9.71 Å². The van der Waals surface area contributed by atoms with E-state index in [1.54, 1.807) is 36.9 Å².